The van der Waals surface area contributed by atoms with Crippen LogP contribution in [0.1, 0.15) is 43.7 Å². The van der Waals surface area contributed by atoms with E-state index in [2.05, 4.69) is 17.6 Å². The van der Waals surface area contributed by atoms with Crippen molar-refractivity contribution in [3.8, 4) is 0 Å². The number of carbonyl (C=O) groups excluding carboxylic acids is 3. The topological polar surface area (TPSA) is 87.7 Å². The van der Waals surface area contributed by atoms with Crippen molar-refractivity contribution in [1.29, 1.82) is 0 Å². The SMILES string of the molecule is COCc1ccc(CNC(=O)CN2C(=O)NC3(CCC(C)CC3)C2=O)cc1. The van der Waals surface area contributed by atoms with Gasteiger partial charge in [0.2, 0.25) is 5.91 Å². The van der Waals surface area contributed by atoms with Crippen molar-refractivity contribution in [2.45, 2.75) is 51.3 Å². The van der Waals surface area contributed by atoms with E-state index in [-0.39, 0.29) is 18.4 Å². The largest absolute Gasteiger partial charge is 0.380 e. The highest BCUT2D eigenvalue weighted by Crippen LogP contribution is 2.36. The third-order valence-electron chi connectivity index (χ3n) is 5.50. The normalized spacial score (nSPS) is 25.0. The third kappa shape index (κ3) is 4.30. The number of amides is 4. The number of ether oxygens (including phenoxy) is 1. The Bertz CT molecular complexity index is 708. The molecule has 0 unspecified atom stereocenters. The summed E-state index contributed by atoms with van der Waals surface area (Å²) < 4.78 is 5.07. The summed E-state index contributed by atoms with van der Waals surface area (Å²) in [4.78, 5) is 38.3. The van der Waals surface area contributed by atoms with Gasteiger partial charge in [-0.2, -0.15) is 0 Å². The lowest BCUT2D eigenvalue weighted by Gasteiger charge is -2.33. The fourth-order valence-corrected chi connectivity index (χ4v) is 3.73. The molecule has 1 saturated heterocycles. The van der Waals surface area contributed by atoms with Gasteiger partial charge < -0.3 is 15.4 Å². The van der Waals surface area contributed by atoms with Gasteiger partial charge in [0.05, 0.1) is 6.61 Å². The summed E-state index contributed by atoms with van der Waals surface area (Å²) in [6.45, 7) is 2.79. The minimum Gasteiger partial charge on any atom is -0.380 e. The maximum absolute atomic E-state index is 12.8. The number of methoxy groups -OCH3 is 1. The van der Waals surface area contributed by atoms with E-state index < -0.39 is 11.6 Å². The van der Waals surface area contributed by atoms with Crippen LogP contribution in [-0.4, -0.2) is 41.9 Å². The first-order chi connectivity index (χ1) is 12.9. The molecule has 1 saturated carbocycles. The fraction of sp³-hybridized carbons (Fsp3) is 0.550. The lowest BCUT2D eigenvalue weighted by molar-refractivity contribution is -0.136. The Balaban J connectivity index is 1.53. The van der Waals surface area contributed by atoms with E-state index in [1.807, 2.05) is 24.3 Å². The van der Waals surface area contributed by atoms with Gasteiger partial charge in [-0.15, -0.1) is 0 Å². The zero-order chi connectivity index (χ0) is 19.4. The highest BCUT2D eigenvalue weighted by atomic mass is 16.5. The van der Waals surface area contributed by atoms with Gasteiger partial charge in [-0.3, -0.25) is 14.5 Å². The van der Waals surface area contributed by atoms with Gasteiger partial charge >= 0.3 is 6.03 Å². The Morgan fingerprint density at radius 3 is 2.48 bits per heavy atom. The molecule has 0 aromatic heterocycles. The maximum Gasteiger partial charge on any atom is 0.325 e. The fourth-order valence-electron chi connectivity index (χ4n) is 3.73. The van der Waals surface area contributed by atoms with Crippen LogP contribution in [0.2, 0.25) is 0 Å². The third-order valence-corrected chi connectivity index (χ3v) is 5.50. The number of rotatable bonds is 6. The molecule has 27 heavy (non-hydrogen) atoms. The first-order valence-corrected chi connectivity index (χ1v) is 9.41. The number of urea groups is 1. The zero-order valence-corrected chi connectivity index (χ0v) is 15.9. The molecular formula is C20H27N3O4. The first kappa shape index (κ1) is 19.4. The summed E-state index contributed by atoms with van der Waals surface area (Å²) in [5.74, 6) is -0.0490. The Morgan fingerprint density at radius 1 is 1.22 bits per heavy atom. The Kier molecular flexibility index (Phi) is 5.79. The number of benzene rings is 1. The van der Waals surface area contributed by atoms with Crippen molar-refractivity contribution in [2.75, 3.05) is 13.7 Å². The number of hydrogen-bond donors (Lipinski definition) is 2. The van der Waals surface area contributed by atoms with Crippen LogP contribution in [0.4, 0.5) is 4.79 Å². The molecule has 1 aromatic carbocycles. The molecule has 0 radical (unpaired) electrons. The minimum atomic E-state index is -0.805. The van der Waals surface area contributed by atoms with Crippen LogP contribution in [0.5, 0.6) is 0 Å². The van der Waals surface area contributed by atoms with E-state index in [4.69, 9.17) is 4.74 Å². The Morgan fingerprint density at radius 2 is 1.85 bits per heavy atom. The monoisotopic (exact) mass is 373 g/mol. The number of carbonyl (C=O) groups is 3. The lowest BCUT2D eigenvalue weighted by atomic mass is 9.77. The van der Waals surface area contributed by atoms with Gasteiger partial charge in [0.25, 0.3) is 5.91 Å². The van der Waals surface area contributed by atoms with Crippen molar-refractivity contribution in [3.05, 3.63) is 35.4 Å². The second-order valence-electron chi connectivity index (χ2n) is 7.61. The van der Waals surface area contributed by atoms with Crippen molar-refractivity contribution in [2.24, 2.45) is 5.92 Å². The molecule has 2 aliphatic rings. The average molecular weight is 373 g/mol. The molecule has 146 valence electrons. The predicted molar refractivity (Wildman–Crippen MR) is 99.6 cm³/mol. The Labute approximate surface area is 159 Å². The summed E-state index contributed by atoms with van der Waals surface area (Å²) in [5.41, 5.74) is 1.19. The number of hydrogen-bond acceptors (Lipinski definition) is 4. The molecule has 2 N–H and O–H groups in total. The quantitative estimate of drug-likeness (QED) is 0.746. The van der Waals surface area contributed by atoms with E-state index in [1.165, 1.54) is 0 Å². The van der Waals surface area contributed by atoms with Crippen LogP contribution in [-0.2, 0) is 27.5 Å². The van der Waals surface area contributed by atoms with Crippen molar-refractivity contribution < 1.29 is 19.1 Å². The molecule has 1 spiro atoms. The van der Waals surface area contributed by atoms with E-state index in [0.29, 0.717) is 31.9 Å². The van der Waals surface area contributed by atoms with E-state index in [9.17, 15) is 14.4 Å². The van der Waals surface area contributed by atoms with Gasteiger partial charge in [0.1, 0.15) is 12.1 Å². The van der Waals surface area contributed by atoms with Gasteiger partial charge in [-0.05, 0) is 42.7 Å². The standard InChI is InChI=1S/C20H27N3O4/c1-14-7-9-20(10-8-14)18(25)23(19(26)22-20)12-17(24)21-11-15-3-5-16(6-4-15)13-27-2/h3-6,14H,7-13H2,1-2H3,(H,21,24)(H,22,26). The second kappa shape index (κ2) is 8.08. The Hall–Kier alpha value is -2.41. The molecule has 1 aliphatic carbocycles. The first-order valence-electron chi connectivity index (χ1n) is 9.41. The molecule has 1 aromatic rings. The van der Waals surface area contributed by atoms with Gasteiger partial charge in [0, 0.05) is 13.7 Å². The molecule has 4 amide bonds. The van der Waals surface area contributed by atoms with Gasteiger partial charge in [-0.1, -0.05) is 31.2 Å². The number of imide groups is 1. The number of nitrogens with zero attached hydrogens (tertiary/aromatic N) is 1. The van der Waals surface area contributed by atoms with E-state index in [1.54, 1.807) is 7.11 Å². The van der Waals surface area contributed by atoms with Crippen molar-refractivity contribution in [1.82, 2.24) is 15.5 Å². The molecule has 0 bridgehead atoms. The molecule has 1 aliphatic heterocycles. The molecule has 7 nitrogen and oxygen atoms in total. The molecule has 1 heterocycles. The summed E-state index contributed by atoms with van der Waals surface area (Å²) >= 11 is 0. The average Bonchev–Trinajstić information content (AvgIpc) is 2.88. The minimum absolute atomic E-state index is 0.246. The van der Waals surface area contributed by atoms with Crippen LogP contribution in [0.15, 0.2) is 24.3 Å². The van der Waals surface area contributed by atoms with Crippen molar-refractivity contribution in [3.63, 3.8) is 0 Å². The molecule has 3 rings (SSSR count). The van der Waals surface area contributed by atoms with Crippen LogP contribution in [0.25, 0.3) is 0 Å². The molecule has 2 fully saturated rings. The van der Waals surface area contributed by atoms with Crippen LogP contribution < -0.4 is 10.6 Å². The summed E-state index contributed by atoms with van der Waals surface area (Å²) in [6.07, 6.45) is 3.10. The van der Waals surface area contributed by atoms with Gasteiger partial charge in [0.15, 0.2) is 0 Å². The molecule has 0 atom stereocenters. The smallest absolute Gasteiger partial charge is 0.325 e. The van der Waals surface area contributed by atoms with Gasteiger partial charge in [-0.25, -0.2) is 4.79 Å². The summed E-state index contributed by atoms with van der Waals surface area (Å²) in [5, 5.41) is 5.61. The molecular weight excluding hydrogens is 346 g/mol. The van der Waals surface area contributed by atoms with Crippen LogP contribution in [0.3, 0.4) is 0 Å². The van der Waals surface area contributed by atoms with E-state index in [0.717, 1.165) is 28.9 Å². The summed E-state index contributed by atoms with van der Waals surface area (Å²) in [7, 11) is 1.64. The lowest BCUT2D eigenvalue weighted by Crippen LogP contribution is -2.49. The molecule has 7 heteroatoms. The van der Waals surface area contributed by atoms with E-state index >= 15 is 0 Å². The second-order valence-corrected chi connectivity index (χ2v) is 7.61. The highest BCUT2D eigenvalue weighted by molar-refractivity contribution is 6.09. The van der Waals surface area contributed by atoms with Crippen LogP contribution in [0, 0.1) is 5.92 Å². The maximum atomic E-state index is 12.8. The number of nitrogens with one attached hydrogen (secondary N) is 2. The van der Waals surface area contributed by atoms with Crippen LogP contribution >= 0.6 is 0 Å². The highest BCUT2D eigenvalue weighted by Gasteiger charge is 2.52. The predicted octanol–water partition coefficient (Wildman–Crippen LogP) is 1.95. The zero-order valence-electron chi connectivity index (χ0n) is 15.9. The summed E-state index contributed by atoms with van der Waals surface area (Å²) in [6, 6.07) is 7.25. The van der Waals surface area contributed by atoms with Crippen molar-refractivity contribution >= 4 is 17.8 Å².